The van der Waals surface area contributed by atoms with Crippen molar-refractivity contribution in [1.29, 1.82) is 10.8 Å². The summed E-state index contributed by atoms with van der Waals surface area (Å²) in [4.78, 5) is 0. The summed E-state index contributed by atoms with van der Waals surface area (Å²) in [6.45, 7) is 1.16. The Kier molecular flexibility index (Phi) is 5.21. The summed E-state index contributed by atoms with van der Waals surface area (Å²) in [5.74, 6) is 0. The second-order valence-electron chi connectivity index (χ2n) is 3.22. The summed E-state index contributed by atoms with van der Waals surface area (Å²) in [5, 5.41) is 20.2. The lowest BCUT2D eigenvalue weighted by Gasteiger charge is -2.07. The molecule has 4 N–H and O–H groups in total. The predicted octanol–water partition coefficient (Wildman–Crippen LogP) is 1.59. The van der Waals surface area contributed by atoms with Crippen LogP contribution in [0.5, 0.6) is 0 Å². The van der Waals surface area contributed by atoms with Gasteiger partial charge in [-0.1, -0.05) is 24.3 Å². The molecule has 0 spiro atoms. The number of rotatable bonds is 4. The number of amidine groups is 2. The molecule has 86 valence electrons. The van der Waals surface area contributed by atoms with Crippen LogP contribution in [0.4, 0.5) is 0 Å². The second-order valence-corrected chi connectivity index (χ2v) is 4.12. The molecule has 0 amide bonds. The van der Waals surface area contributed by atoms with E-state index in [2.05, 4.69) is 35.9 Å². The summed E-state index contributed by atoms with van der Waals surface area (Å²) in [6.07, 6.45) is 0. The van der Waals surface area contributed by atoms with Gasteiger partial charge >= 0.3 is 0 Å². The van der Waals surface area contributed by atoms with Gasteiger partial charge in [0.05, 0.1) is 0 Å². The predicted molar refractivity (Wildman–Crippen MR) is 73.5 cm³/mol. The van der Waals surface area contributed by atoms with E-state index in [1.807, 2.05) is 24.3 Å². The molecule has 0 fully saturated rings. The molecule has 1 aromatic carbocycles. The van der Waals surface area contributed by atoms with E-state index < -0.39 is 0 Å². The quantitative estimate of drug-likeness (QED) is 0.281. The number of hydrogen-bond donors (Lipinski definition) is 6. The van der Waals surface area contributed by atoms with Crippen molar-refractivity contribution in [2.75, 3.05) is 0 Å². The van der Waals surface area contributed by atoms with Crippen LogP contribution in [0.2, 0.25) is 0 Å². The maximum absolute atomic E-state index is 7.14. The van der Waals surface area contributed by atoms with Gasteiger partial charge in [-0.15, -0.1) is 25.3 Å². The minimum absolute atomic E-state index is 0.153. The molecule has 0 unspecified atom stereocenters. The molecule has 0 aliphatic heterocycles. The number of thiol groups is 2. The molecule has 0 aromatic heterocycles. The first-order valence-electron chi connectivity index (χ1n) is 4.68. The van der Waals surface area contributed by atoms with Gasteiger partial charge in [0.25, 0.3) is 0 Å². The highest BCUT2D eigenvalue weighted by Gasteiger charge is 1.97. The van der Waals surface area contributed by atoms with Crippen LogP contribution in [0.25, 0.3) is 0 Å². The average Bonchev–Trinajstić information content (AvgIpc) is 2.24. The summed E-state index contributed by atoms with van der Waals surface area (Å²) in [5.41, 5.74) is 2.15. The monoisotopic (exact) mass is 254 g/mol. The van der Waals surface area contributed by atoms with Crippen molar-refractivity contribution in [3.63, 3.8) is 0 Å². The molecule has 0 saturated carbocycles. The van der Waals surface area contributed by atoms with Crippen LogP contribution in [0.15, 0.2) is 24.3 Å². The fourth-order valence-corrected chi connectivity index (χ4v) is 1.38. The van der Waals surface area contributed by atoms with E-state index in [4.69, 9.17) is 10.8 Å². The van der Waals surface area contributed by atoms with E-state index in [1.165, 1.54) is 0 Å². The Labute approximate surface area is 106 Å². The van der Waals surface area contributed by atoms with Gasteiger partial charge in [-0.05, 0) is 11.1 Å². The molecule has 0 atom stereocenters. The zero-order valence-electron chi connectivity index (χ0n) is 8.62. The third-order valence-electron chi connectivity index (χ3n) is 1.91. The molecule has 16 heavy (non-hydrogen) atoms. The van der Waals surface area contributed by atoms with Crippen LogP contribution in [-0.4, -0.2) is 10.3 Å². The second kappa shape index (κ2) is 6.44. The Morgan fingerprint density at radius 3 is 1.81 bits per heavy atom. The molecule has 0 aliphatic rings. The maximum Gasteiger partial charge on any atom is 0.150 e. The van der Waals surface area contributed by atoms with E-state index in [0.717, 1.165) is 11.1 Å². The van der Waals surface area contributed by atoms with Crippen molar-refractivity contribution in [2.24, 2.45) is 0 Å². The molecule has 0 radical (unpaired) electrons. The van der Waals surface area contributed by atoms with Gasteiger partial charge in [-0.25, -0.2) is 0 Å². The van der Waals surface area contributed by atoms with E-state index >= 15 is 0 Å². The molecule has 1 rings (SSSR count). The molecule has 1 aromatic rings. The van der Waals surface area contributed by atoms with Crippen molar-refractivity contribution in [1.82, 2.24) is 10.6 Å². The third kappa shape index (κ3) is 5.09. The van der Waals surface area contributed by atoms with Crippen LogP contribution in [0, 0.1) is 10.8 Å². The Morgan fingerprint density at radius 2 is 1.44 bits per heavy atom. The van der Waals surface area contributed by atoms with Gasteiger partial charge in [-0.2, -0.15) is 0 Å². The highest BCUT2D eigenvalue weighted by Crippen LogP contribution is 2.05. The van der Waals surface area contributed by atoms with E-state index in [9.17, 15) is 0 Å². The van der Waals surface area contributed by atoms with Crippen molar-refractivity contribution in [3.05, 3.63) is 35.4 Å². The fraction of sp³-hybridized carbons (Fsp3) is 0.200. The Morgan fingerprint density at radius 1 is 1.00 bits per heavy atom. The Hall–Kier alpha value is -1.14. The van der Waals surface area contributed by atoms with Gasteiger partial charge in [0, 0.05) is 13.1 Å². The molecule has 0 aliphatic carbocycles. The zero-order valence-corrected chi connectivity index (χ0v) is 10.4. The van der Waals surface area contributed by atoms with E-state index in [0.29, 0.717) is 13.1 Å². The number of nitrogens with one attached hydrogen (secondary N) is 4. The molecule has 0 saturated heterocycles. The lowest BCUT2D eigenvalue weighted by molar-refractivity contribution is 0.894. The number of hydrogen-bond acceptors (Lipinski definition) is 2. The summed E-state index contributed by atoms with van der Waals surface area (Å²) in [7, 11) is 0. The molecular formula is C10H14N4S2. The minimum Gasteiger partial charge on any atom is -0.361 e. The van der Waals surface area contributed by atoms with Crippen molar-refractivity contribution >= 4 is 35.6 Å². The first-order valence-corrected chi connectivity index (χ1v) is 5.58. The lowest BCUT2D eigenvalue weighted by atomic mass is 10.1. The summed E-state index contributed by atoms with van der Waals surface area (Å²) >= 11 is 7.69. The highest BCUT2D eigenvalue weighted by molar-refractivity contribution is 7.96. The van der Waals surface area contributed by atoms with Crippen molar-refractivity contribution in [3.8, 4) is 0 Å². The van der Waals surface area contributed by atoms with Gasteiger partial charge < -0.3 is 10.6 Å². The van der Waals surface area contributed by atoms with E-state index in [1.54, 1.807) is 0 Å². The van der Waals surface area contributed by atoms with Gasteiger partial charge in [0.2, 0.25) is 0 Å². The van der Waals surface area contributed by atoms with Gasteiger partial charge in [-0.3, -0.25) is 10.8 Å². The van der Waals surface area contributed by atoms with Crippen LogP contribution >= 0.6 is 25.3 Å². The maximum atomic E-state index is 7.14. The standard InChI is InChI=1S/C10H14N4S2/c11-9(15)13-5-7-2-1-3-8(4-7)6-14-10(12)16/h1-4H,5-6H2,(H3,11,13,15)(H3,12,14,16). The molecule has 6 heteroatoms. The topological polar surface area (TPSA) is 71.8 Å². The zero-order chi connectivity index (χ0) is 12.0. The largest absolute Gasteiger partial charge is 0.361 e. The number of benzene rings is 1. The summed E-state index contributed by atoms with van der Waals surface area (Å²) < 4.78 is 0. The van der Waals surface area contributed by atoms with Gasteiger partial charge in [0.1, 0.15) is 0 Å². The Bertz CT molecular complexity index is 359. The molecule has 4 nitrogen and oxygen atoms in total. The third-order valence-corrected chi connectivity index (χ3v) is 2.23. The van der Waals surface area contributed by atoms with Crippen molar-refractivity contribution < 1.29 is 0 Å². The van der Waals surface area contributed by atoms with Crippen molar-refractivity contribution in [2.45, 2.75) is 13.1 Å². The minimum atomic E-state index is 0.153. The highest BCUT2D eigenvalue weighted by atomic mass is 32.1. The first-order chi connectivity index (χ1) is 7.58. The van der Waals surface area contributed by atoms with Crippen LogP contribution in [0.1, 0.15) is 11.1 Å². The SMILES string of the molecule is N=C(S)NCc1cccc(CNC(=N)S)c1. The Balaban J connectivity index is 2.56. The molecule has 0 bridgehead atoms. The normalized spacial score (nSPS) is 9.62. The van der Waals surface area contributed by atoms with Crippen LogP contribution in [-0.2, 0) is 13.1 Å². The summed E-state index contributed by atoms with van der Waals surface area (Å²) in [6, 6.07) is 7.89. The lowest BCUT2D eigenvalue weighted by Crippen LogP contribution is -2.18. The fourth-order valence-electron chi connectivity index (χ4n) is 1.22. The smallest absolute Gasteiger partial charge is 0.150 e. The molecular weight excluding hydrogens is 240 g/mol. The van der Waals surface area contributed by atoms with Gasteiger partial charge in [0.15, 0.2) is 10.3 Å². The average molecular weight is 254 g/mol. The van der Waals surface area contributed by atoms with Crippen LogP contribution in [0.3, 0.4) is 0 Å². The van der Waals surface area contributed by atoms with Crippen LogP contribution < -0.4 is 10.6 Å². The molecule has 0 heterocycles. The van der Waals surface area contributed by atoms with E-state index in [-0.39, 0.29) is 10.3 Å². The first kappa shape index (κ1) is 12.9.